The molecule has 3 aromatic rings. The van der Waals surface area contributed by atoms with E-state index in [4.69, 9.17) is 21.2 Å². The maximum absolute atomic E-state index is 12.8. The largest absolute Gasteiger partial charge is 0.492 e. The number of fused-ring (bicyclic) bond motifs is 1. The Hall–Kier alpha value is -4.52. The molecule has 254 valence electrons. The first-order valence-electron chi connectivity index (χ1n) is 15.4. The molecule has 1 atom stereocenters. The Labute approximate surface area is 280 Å². The second-order valence-corrected chi connectivity index (χ2v) is 14.2. The molecule has 0 heterocycles. The number of hydrogen-bond acceptors (Lipinski definition) is 9. The first-order valence-corrected chi connectivity index (χ1v) is 17.6. The quantitative estimate of drug-likeness (QED) is 0.0383. The van der Waals surface area contributed by atoms with Crippen LogP contribution in [0.4, 0.5) is 17.1 Å². The maximum Gasteiger partial charge on any atom is 0.200 e. The van der Waals surface area contributed by atoms with Gasteiger partial charge in [0.05, 0.1) is 24.8 Å². The lowest BCUT2D eigenvalue weighted by molar-refractivity contribution is 0.410. The molecule has 0 fully saturated rings. The molecule has 0 bridgehead atoms. The predicted octanol–water partition coefficient (Wildman–Crippen LogP) is 6.08. The summed E-state index contributed by atoms with van der Waals surface area (Å²) in [5.41, 5.74) is 2.44. The summed E-state index contributed by atoms with van der Waals surface area (Å²) in [7, 11) is 0.591. The fourth-order valence-electron chi connectivity index (χ4n) is 4.73. The smallest absolute Gasteiger partial charge is 0.200 e. The van der Waals surface area contributed by atoms with E-state index in [2.05, 4.69) is 53.6 Å². The van der Waals surface area contributed by atoms with Crippen LogP contribution in [0.3, 0.4) is 0 Å². The topological polar surface area (TPSA) is 143 Å². The average Bonchev–Trinajstić information content (AvgIpc) is 3.02. The monoisotopic (exact) mass is 662 g/mol. The molecule has 3 rings (SSSR count). The van der Waals surface area contributed by atoms with Crippen LogP contribution in [0.2, 0.25) is 0 Å². The predicted molar refractivity (Wildman–Crippen MR) is 202 cm³/mol. The highest BCUT2D eigenvalue weighted by atomic mass is 32.2. The molecule has 3 aromatic carbocycles. The first kappa shape index (κ1) is 36.9. The van der Waals surface area contributed by atoms with Gasteiger partial charge in [-0.2, -0.15) is 0 Å². The number of allylic oxidation sites excluding steroid dienone is 2. The number of aliphatic imine (C=N–C) groups is 2. The minimum atomic E-state index is -2.63. The Bertz CT molecular complexity index is 1760. The van der Waals surface area contributed by atoms with Crippen LogP contribution in [0.1, 0.15) is 53.0 Å². The van der Waals surface area contributed by atoms with Gasteiger partial charge >= 0.3 is 0 Å². The van der Waals surface area contributed by atoms with Crippen molar-refractivity contribution in [1.82, 2.24) is 5.32 Å². The van der Waals surface area contributed by atoms with Crippen LogP contribution in [0, 0.1) is 0 Å². The van der Waals surface area contributed by atoms with Gasteiger partial charge in [-0.1, -0.05) is 58.9 Å². The Morgan fingerprint density at radius 3 is 2.34 bits per heavy atom. The summed E-state index contributed by atoms with van der Waals surface area (Å²) in [6.45, 7) is 11.1. The highest BCUT2D eigenvalue weighted by molar-refractivity contribution is 8.00. The summed E-state index contributed by atoms with van der Waals surface area (Å²) >= 11 is 0. The number of methoxy groups -OCH3 is 1. The summed E-state index contributed by atoms with van der Waals surface area (Å²) in [6.07, 6.45) is 10.1. The van der Waals surface area contributed by atoms with Crippen molar-refractivity contribution in [2.45, 2.75) is 52.9 Å². The van der Waals surface area contributed by atoms with E-state index in [9.17, 15) is 4.21 Å². The van der Waals surface area contributed by atoms with Gasteiger partial charge in [-0.05, 0) is 60.0 Å². The van der Waals surface area contributed by atoms with Gasteiger partial charge in [0, 0.05) is 52.6 Å². The third-order valence-electron chi connectivity index (χ3n) is 6.97. The van der Waals surface area contributed by atoms with Gasteiger partial charge in [-0.25, -0.2) is 15.9 Å². The SMILES string of the molecule is C=S(C)(=O)Nc1cc(C(C)(C)C)cc(N(N)C(=CCC)N(N)c2ccc(O/C(=C/C=NCCC)NC=NC)c3ccccc23)c1OC. The lowest BCUT2D eigenvalue weighted by atomic mass is 9.86. The summed E-state index contributed by atoms with van der Waals surface area (Å²) < 4.78 is 27.9. The lowest BCUT2D eigenvalue weighted by Gasteiger charge is -2.33. The van der Waals surface area contributed by atoms with Crippen LogP contribution < -0.4 is 41.2 Å². The summed E-state index contributed by atoms with van der Waals surface area (Å²) in [5.74, 6) is 19.6. The molecule has 0 amide bonds. The molecule has 0 aromatic heterocycles. The van der Waals surface area contributed by atoms with Crippen molar-refractivity contribution in [3.8, 4) is 11.5 Å². The van der Waals surface area contributed by atoms with E-state index in [0.29, 0.717) is 46.7 Å². The number of ether oxygens (including phenoxy) is 2. The number of anilines is 3. The molecule has 6 N–H and O–H groups in total. The molecule has 1 unspecified atom stereocenters. The minimum Gasteiger partial charge on any atom is -0.492 e. The zero-order valence-electron chi connectivity index (χ0n) is 28.8. The van der Waals surface area contributed by atoms with Crippen molar-refractivity contribution in [2.75, 3.05) is 41.7 Å². The molecule has 47 heavy (non-hydrogen) atoms. The fourth-order valence-corrected chi connectivity index (χ4v) is 5.34. The Morgan fingerprint density at radius 1 is 1.06 bits per heavy atom. The van der Waals surface area contributed by atoms with E-state index in [1.807, 2.05) is 61.5 Å². The van der Waals surface area contributed by atoms with Gasteiger partial charge in [0.25, 0.3) is 0 Å². The van der Waals surface area contributed by atoms with E-state index >= 15 is 0 Å². The van der Waals surface area contributed by atoms with Crippen molar-refractivity contribution in [2.24, 2.45) is 21.7 Å². The summed E-state index contributed by atoms with van der Waals surface area (Å²) in [6, 6.07) is 15.4. The van der Waals surface area contributed by atoms with Crippen molar-refractivity contribution < 1.29 is 13.7 Å². The maximum atomic E-state index is 12.8. The van der Waals surface area contributed by atoms with Crippen molar-refractivity contribution in [3.63, 3.8) is 0 Å². The number of nitrogens with zero attached hydrogens (tertiary/aromatic N) is 4. The molecular formula is C35H50N8O3S. The van der Waals surface area contributed by atoms with Gasteiger partial charge in [0.15, 0.2) is 11.6 Å². The van der Waals surface area contributed by atoms with Crippen LogP contribution >= 0.6 is 0 Å². The number of hydrazine groups is 2. The number of rotatable bonds is 15. The molecule has 0 saturated carbocycles. The molecule has 11 nitrogen and oxygen atoms in total. The van der Waals surface area contributed by atoms with Crippen LogP contribution in [0.15, 0.2) is 82.4 Å². The van der Waals surface area contributed by atoms with Gasteiger partial charge in [0.1, 0.15) is 17.3 Å². The van der Waals surface area contributed by atoms with Gasteiger partial charge in [0.2, 0.25) is 0 Å². The number of hydrogen-bond donors (Lipinski definition) is 4. The average molecular weight is 663 g/mol. The molecular weight excluding hydrogens is 613 g/mol. The molecule has 0 aliphatic rings. The van der Waals surface area contributed by atoms with Crippen LogP contribution in [-0.2, 0) is 15.1 Å². The number of nitrogens with one attached hydrogen (secondary N) is 2. The molecule has 0 spiro atoms. The third-order valence-corrected chi connectivity index (χ3v) is 7.62. The van der Waals surface area contributed by atoms with Gasteiger partial charge in [-0.3, -0.25) is 20.0 Å². The molecule has 12 heteroatoms. The van der Waals surface area contributed by atoms with Crippen molar-refractivity contribution in [3.05, 3.63) is 78.0 Å². The highest BCUT2D eigenvalue weighted by Crippen LogP contribution is 2.42. The minimum absolute atomic E-state index is 0.260. The fraction of sp³-hybridized carbons (Fsp3) is 0.343. The van der Waals surface area contributed by atoms with Crippen LogP contribution in [0.25, 0.3) is 10.8 Å². The van der Waals surface area contributed by atoms with Crippen LogP contribution in [-0.4, -0.2) is 49.6 Å². The summed E-state index contributed by atoms with van der Waals surface area (Å²) in [4.78, 5) is 8.38. The standard InChI is InChI=1S/C35H50N8O3S/c1-10-14-33(43(37)30-23-25(35(3,4)5)22-28(34(30)45-7)41-47(8,9)44)42(36)29-17-18-31(27-16-13-12-15-26(27)29)46-32(40-24-38-6)19-21-39-20-11-2/h12-19,21-24H,8,10-11,20,36-37H2,1-7,9H3,(H,38,40)(H,41,44)/b32-19+,33-14?,39-21?. The zero-order valence-corrected chi connectivity index (χ0v) is 29.6. The Kier molecular flexibility index (Phi) is 12.9. The van der Waals surface area contributed by atoms with E-state index in [-0.39, 0.29) is 5.41 Å². The second kappa shape index (κ2) is 16.3. The van der Waals surface area contributed by atoms with Gasteiger partial charge < -0.3 is 19.5 Å². The van der Waals surface area contributed by atoms with Crippen LogP contribution in [0.5, 0.6) is 11.5 Å². The van der Waals surface area contributed by atoms with Crippen molar-refractivity contribution in [1.29, 1.82) is 0 Å². The van der Waals surface area contributed by atoms with Crippen molar-refractivity contribution >= 4 is 56.0 Å². The third kappa shape index (κ3) is 9.74. The van der Waals surface area contributed by atoms with Gasteiger partial charge in [-0.15, -0.1) is 0 Å². The van der Waals surface area contributed by atoms with E-state index in [1.165, 1.54) is 11.3 Å². The number of benzene rings is 3. The zero-order chi connectivity index (χ0) is 34.8. The van der Waals surface area contributed by atoms with E-state index in [0.717, 1.165) is 29.3 Å². The Balaban J connectivity index is 2.15. The highest BCUT2D eigenvalue weighted by Gasteiger charge is 2.26. The molecule has 0 radical (unpaired) electrons. The summed E-state index contributed by atoms with van der Waals surface area (Å²) in [5, 5.41) is 7.77. The normalized spacial score (nSPS) is 14.0. The first-order chi connectivity index (χ1) is 22.2. The van der Waals surface area contributed by atoms with E-state index < -0.39 is 9.71 Å². The van der Waals surface area contributed by atoms with E-state index in [1.54, 1.807) is 37.8 Å². The second-order valence-electron chi connectivity index (χ2n) is 12.0. The molecule has 0 aliphatic carbocycles. The molecule has 0 saturated heterocycles. The number of nitrogens with two attached hydrogens (primary N) is 2. The lowest BCUT2D eigenvalue weighted by Crippen LogP contribution is -2.44. The Morgan fingerprint density at radius 2 is 1.74 bits per heavy atom. The molecule has 0 aliphatic heterocycles.